The van der Waals surface area contributed by atoms with Crippen molar-refractivity contribution >= 4 is 23.1 Å². The lowest BCUT2D eigenvalue weighted by atomic mass is 10.2. The molecule has 0 fully saturated rings. The first kappa shape index (κ1) is 15.0. The second kappa shape index (κ2) is 6.44. The van der Waals surface area contributed by atoms with Crippen molar-refractivity contribution in [3.8, 4) is 0 Å². The Kier molecular flexibility index (Phi) is 4.19. The predicted octanol–water partition coefficient (Wildman–Crippen LogP) is 3.84. The molecule has 5 heteroatoms. The Morgan fingerprint density at radius 1 is 1.22 bits per heavy atom. The summed E-state index contributed by atoms with van der Waals surface area (Å²) >= 11 is 0. The number of ether oxygens (including phenoxy) is 1. The summed E-state index contributed by atoms with van der Waals surface area (Å²) in [5.41, 5.74) is 1.89. The van der Waals surface area contributed by atoms with E-state index in [-0.39, 0.29) is 5.82 Å². The summed E-state index contributed by atoms with van der Waals surface area (Å²) < 4.78 is 19.6. The maximum atomic E-state index is 13.0. The van der Waals surface area contributed by atoms with Gasteiger partial charge in [-0.3, -0.25) is 0 Å². The lowest BCUT2D eigenvalue weighted by Crippen LogP contribution is -2.09. The number of aromatic nitrogens is 1. The molecule has 0 saturated carbocycles. The molecule has 0 N–H and O–H groups in total. The topological polar surface area (TPSA) is 43.6 Å². The van der Waals surface area contributed by atoms with Gasteiger partial charge >= 0.3 is 5.97 Å². The summed E-state index contributed by atoms with van der Waals surface area (Å²) in [6.07, 6.45) is 1.58. The van der Waals surface area contributed by atoms with Crippen LogP contribution in [0.1, 0.15) is 23.0 Å². The number of carbonyl (C=O) groups is 1. The number of esters is 1. The standard InChI is InChI=1S/C18H15FN2O2/c1-2-23-18(22)17-11-14-5-3-4-6-16(14)21(17)20-12-13-7-9-15(19)10-8-13/h3-12H,2H2,1H3/b20-12+. The van der Waals surface area contributed by atoms with Gasteiger partial charge in [0.25, 0.3) is 0 Å². The van der Waals surface area contributed by atoms with Gasteiger partial charge in [0.05, 0.1) is 18.3 Å². The Balaban J connectivity index is 2.05. The predicted molar refractivity (Wildman–Crippen MR) is 87.3 cm³/mol. The lowest BCUT2D eigenvalue weighted by Gasteiger charge is -2.04. The molecule has 3 rings (SSSR count). The largest absolute Gasteiger partial charge is 0.461 e. The van der Waals surface area contributed by atoms with E-state index in [1.165, 1.54) is 16.8 Å². The molecule has 3 aromatic rings. The van der Waals surface area contributed by atoms with Crippen LogP contribution < -0.4 is 0 Å². The third-order valence-corrected chi connectivity index (χ3v) is 3.36. The summed E-state index contributed by atoms with van der Waals surface area (Å²) in [5.74, 6) is -0.735. The van der Waals surface area contributed by atoms with Crippen molar-refractivity contribution < 1.29 is 13.9 Å². The van der Waals surface area contributed by atoms with Crippen LogP contribution in [0.5, 0.6) is 0 Å². The fraction of sp³-hybridized carbons (Fsp3) is 0.111. The number of benzene rings is 2. The molecule has 0 saturated heterocycles. The average molecular weight is 310 g/mol. The molecule has 116 valence electrons. The monoisotopic (exact) mass is 310 g/mol. The minimum atomic E-state index is -0.431. The third kappa shape index (κ3) is 3.13. The van der Waals surface area contributed by atoms with Gasteiger partial charge in [0, 0.05) is 5.39 Å². The third-order valence-electron chi connectivity index (χ3n) is 3.36. The van der Waals surface area contributed by atoms with Crippen LogP contribution in [0, 0.1) is 5.82 Å². The van der Waals surface area contributed by atoms with Gasteiger partial charge in [-0.15, -0.1) is 0 Å². The molecule has 0 aliphatic rings. The Morgan fingerprint density at radius 2 is 1.96 bits per heavy atom. The zero-order valence-electron chi connectivity index (χ0n) is 12.6. The van der Waals surface area contributed by atoms with E-state index >= 15 is 0 Å². The highest BCUT2D eigenvalue weighted by Crippen LogP contribution is 2.20. The Hall–Kier alpha value is -2.95. The van der Waals surface area contributed by atoms with E-state index in [9.17, 15) is 9.18 Å². The van der Waals surface area contributed by atoms with Crippen LogP contribution in [0.25, 0.3) is 10.9 Å². The minimum absolute atomic E-state index is 0.294. The summed E-state index contributed by atoms with van der Waals surface area (Å²) in [5, 5.41) is 5.26. The summed E-state index contributed by atoms with van der Waals surface area (Å²) in [6.45, 7) is 2.05. The van der Waals surface area contributed by atoms with Crippen LogP contribution in [0.2, 0.25) is 0 Å². The summed E-state index contributed by atoms with van der Waals surface area (Å²) in [4.78, 5) is 12.1. The van der Waals surface area contributed by atoms with E-state index in [1.807, 2.05) is 24.3 Å². The molecule has 23 heavy (non-hydrogen) atoms. The number of rotatable bonds is 4. The molecule has 0 atom stereocenters. The second-order valence-electron chi connectivity index (χ2n) is 4.92. The van der Waals surface area contributed by atoms with E-state index in [4.69, 9.17) is 4.74 Å². The van der Waals surface area contributed by atoms with Gasteiger partial charge in [-0.1, -0.05) is 30.3 Å². The van der Waals surface area contributed by atoms with Gasteiger partial charge in [0.1, 0.15) is 5.82 Å². The van der Waals surface area contributed by atoms with Crippen molar-refractivity contribution in [3.63, 3.8) is 0 Å². The molecule has 0 spiro atoms. The van der Waals surface area contributed by atoms with Crippen LogP contribution in [0.15, 0.2) is 59.7 Å². The minimum Gasteiger partial charge on any atom is -0.461 e. The zero-order valence-corrected chi connectivity index (χ0v) is 12.6. The van der Waals surface area contributed by atoms with E-state index in [0.717, 1.165) is 16.5 Å². The SMILES string of the molecule is CCOC(=O)c1cc2ccccc2n1/N=C/c1ccc(F)cc1. The van der Waals surface area contributed by atoms with Crippen molar-refractivity contribution in [1.29, 1.82) is 0 Å². The van der Waals surface area contributed by atoms with Crippen LogP contribution in [0.4, 0.5) is 4.39 Å². The molecule has 0 aliphatic heterocycles. The van der Waals surface area contributed by atoms with E-state index < -0.39 is 5.97 Å². The molecular weight excluding hydrogens is 295 g/mol. The number of carbonyl (C=O) groups excluding carboxylic acids is 1. The van der Waals surface area contributed by atoms with Gasteiger partial charge in [-0.05, 0) is 36.8 Å². The summed E-state index contributed by atoms with van der Waals surface area (Å²) in [7, 11) is 0. The number of hydrogen-bond donors (Lipinski definition) is 0. The van der Waals surface area contributed by atoms with Gasteiger partial charge in [0.15, 0.2) is 5.69 Å². The number of nitrogens with zero attached hydrogens (tertiary/aromatic N) is 2. The molecule has 2 aromatic carbocycles. The van der Waals surface area contributed by atoms with Gasteiger partial charge < -0.3 is 4.74 Å². The number of para-hydroxylation sites is 1. The average Bonchev–Trinajstić information content (AvgIpc) is 2.93. The van der Waals surface area contributed by atoms with Gasteiger partial charge in [-0.25, -0.2) is 13.9 Å². The first-order chi connectivity index (χ1) is 11.2. The Labute approximate surface area is 132 Å². The van der Waals surface area contributed by atoms with Gasteiger partial charge in [0.2, 0.25) is 0 Å². The van der Waals surface area contributed by atoms with Crippen LogP contribution in [-0.2, 0) is 4.74 Å². The zero-order chi connectivity index (χ0) is 16.2. The maximum Gasteiger partial charge on any atom is 0.357 e. The summed E-state index contributed by atoms with van der Waals surface area (Å²) in [6, 6.07) is 15.3. The fourth-order valence-corrected chi connectivity index (χ4v) is 2.29. The van der Waals surface area contributed by atoms with Crippen LogP contribution in [-0.4, -0.2) is 23.5 Å². The Bertz CT molecular complexity index is 866. The second-order valence-corrected chi connectivity index (χ2v) is 4.92. The van der Waals surface area contributed by atoms with Gasteiger partial charge in [-0.2, -0.15) is 5.10 Å². The molecule has 0 amide bonds. The lowest BCUT2D eigenvalue weighted by molar-refractivity contribution is 0.0515. The first-order valence-corrected chi connectivity index (χ1v) is 7.26. The first-order valence-electron chi connectivity index (χ1n) is 7.26. The smallest absolute Gasteiger partial charge is 0.357 e. The van der Waals surface area contributed by atoms with Crippen LogP contribution >= 0.6 is 0 Å². The van der Waals surface area contributed by atoms with Crippen molar-refractivity contribution in [2.24, 2.45) is 5.10 Å². The molecule has 0 unspecified atom stereocenters. The van der Waals surface area contributed by atoms with E-state index in [2.05, 4.69) is 5.10 Å². The van der Waals surface area contributed by atoms with Crippen molar-refractivity contribution in [2.45, 2.75) is 6.92 Å². The molecule has 0 aliphatic carbocycles. The van der Waals surface area contributed by atoms with Crippen molar-refractivity contribution in [1.82, 2.24) is 4.68 Å². The molecule has 1 heterocycles. The highest BCUT2D eigenvalue weighted by molar-refractivity contribution is 5.96. The maximum absolute atomic E-state index is 13.0. The number of fused-ring (bicyclic) bond motifs is 1. The van der Waals surface area contributed by atoms with Crippen molar-refractivity contribution in [2.75, 3.05) is 6.61 Å². The molecular formula is C18H15FN2O2. The van der Waals surface area contributed by atoms with E-state index in [0.29, 0.717) is 12.3 Å². The molecule has 0 radical (unpaired) electrons. The molecule has 1 aromatic heterocycles. The number of hydrogen-bond acceptors (Lipinski definition) is 3. The normalized spacial score (nSPS) is 11.2. The highest BCUT2D eigenvalue weighted by atomic mass is 19.1. The number of halogens is 1. The van der Waals surface area contributed by atoms with E-state index in [1.54, 1.807) is 31.3 Å². The Morgan fingerprint density at radius 3 is 2.70 bits per heavy atom. The van der Waals surface area contributed by atoms with Crippen molar-refractivity contribution in [3.05, 3.63) is 71.7 Å². The molecule has 0 bridgehead atoms. The molecule has 4 nitrogen and oxygen atoms in total. The van der Waals surface area contributed by atoms with Crippen LogP contribution in [0.3, 0.4) is 0 Å². The fourth-order valence-electron chi connectivity index (χ4n) is 2.29. The quantitative estimate of drug-likeness (QED) is 0.543. The highest BCUT2D eigenvalue weighted by Gasteiger charge is 2.15.